The van der Waals surface area contributed by atoms with E-state index in [0.717, 1.165) is 25.2 Å². The van der Waals surface area contributed by atoms with Crippen molar-refractivity contribution in [2.24, 2.45) is 5.92 Å². The number of pyridine rings is 3. The zero-order chi connectivity index (χ0) is 22.5. The van der Waals surface area contributed by atoms with Crippen LogP contribution >= 0.6 is 0 Å². The molecule has 32 heavy (non-hydrogen) atoms. The second kappa shape index (κ2) is 9.64. The molecule has 1 atom stereocenters. The molecule has 4 heterocycles. The Morgan fingerprint density at radius 3 is 2.88 bits per heavy atom. The highest BCUT2D eigenvalue weighted by atomic mass is 16.5. The lowest BCUT2D eigenvalue weighted by Gasteiger charge is -2.33. The van der Waals surface area contributed by atoms with E-state index in [2.05, 4.69) is 32.1 Å². The fraction of sp³-hybridized carbons (Fsp3) is 0.333. The Bertz CT molecular complexity index is 1100. The zero-order valence-corrected chi connectivity index (χ0v) is 18.4. The summed E-state index contributed by atoms with van der Waals surface area (Å²) >= 11 is 0. The number of hydrogen-bond acceptors (Lipinski definition) is 7. The molecular weight excluding hydrogens is 404 g/mol. The van der Waals surface area contributed by atoms with Crippen molar-refractivity contribution in [1.29, 1.82) is 0 Å². The Kier molecular flexibility index (Phi) is 6.49. The van der Waals surface area contributed by atoms with Crippen molar-refractivity contribution in [3.05, 3.63) is 54.5 Å². The van der Waals surface area contributed by atoms with E-state index < -0.39 is 0 Å². The minimum absolute atomic E-state index is 0.146. The van der Waals surface area contributed by atoms with E-state index in [1.807, 2.05) is 25.1 Å². The van der Waals surface area contributed by atoms with E-state index in [4.69, 9.17) is 10.5 Å². The van der Waals surface area contributed by atoms with Crippen LogP contribution in [-0.4, -0.2) is 40.6 Å². The van der Waals surface area contributed by atoms with Crippen molar-refractivity contribution in [2.45, 2.75) is 26.7 Å². The lowest BCUT2D eigenvalue weighted by Crippen LogP contribution is -2.35. The predicted octanol–water partition coefficient (Wildman–Crippen LogP) is 4.01. The molecule has 1 amide bonds. The highest BCUT2D eigenvalue weighted by Crippen LogP contribution is 2.30. The molecule has 0 saturated carbocycles. The first-order chi connectivity index (χ1) is 15.5. The van der Waals surface area contributed by atoms with Gasteiger partial charge in [-0.05, 0) is 49.9 Å². The van der Waals surface area contributed by atoms with E-state index >= 15 is 0 Å². The molecule has 3 N–H and O–H groups in total. The smallest absolute Gasteiger partial charge is 0.276 e. The highest BCUT2D eigenvalue weighted by Gasteiger charge is 2.21. The number of nitrogen functional groups attached to an aromatic ring is 1. The van der Waals surface area contributed by atoms with Crippen molar-refractivity contribution in [2.75, 3.05) is 35.6 Å². The largest absolute Gasteiger partial charge is 0.478 e. The van der Waals surface area contributed by atoms with Crippen LogP contribution in [0, 0.1) is 5.92 Å². The van der Waals surface area contributed by atoms with Gasteiger partial charge in [0.25, 0.3) is 5.91 Å². The van der Waals surface area contributed by atoms with Gasteiger partial charge >= 0.3 is 0 Å². The first-order valence-corrected chi connectivity index (χ1v) is 10.9. The number of piperidine rings is 1. The molecule has 0 aliphatic carbocycles. The van der Waals surface area contributed by atoms with Gasteiger partial charge in [-0.25, -0.2) is 9.97 Å². The maximum absolute atomic E-state index is 13.1. The molecule has 0 aromatic carbocycles. The molecule has 0 spiro atoms. The topological polar surface area (TPSA) is 106 Å². The average molecular weight is 433 g/mol. The maximum Gasteiger partial charge on any atom is 0.276 e. The van der Waals surface area contributed by atoms with Gasteiger partial charge in [0.2, 0.25) is 5.88 Å². The van der Waals surface area contributed by atoms with Gasteiger partial charge in [0, 0.05) is 25.4 Å². The fourth-order valence-electron chi connectivity index (χ4n) is 3.93. The van der Waals surface area contributed by atoms with E-state index in [1.165, 1.54) is 6.42 Å². The standard InChI is InChI=1S/C24H28N6O2/c1-3-32-22-8-4-7-18(27-22)19-10-9-17(25)23(28-19)24(31)29-20-14-26-12-11-21(20)30-13-5-6-16(2)15-30/h4,7-12,14,16H,3,5-6,13,15,25H2,1-2H3,(H,29,31)/t16-/m0/s1. The lowest BCUT2D eigenvalue weighted by atomic mass is 10.00. The van der Waals surface area contributed by atoms with E-state index in [0.29, 0.717) is 41.2 Å². The third kappa shape index (κ3) is 4.80. The Morgan fingerprint density at radius 1 is 1.22 bits per heavy atom. The van der Waals surface area contributed by atoms with Crippen molar-refractivity contribution < 1.29 is 9.53 Å². The number of carbonyl (C=O) groups is 1. The minimum Gasteiger partial charge on any atom is -0.478 e. The monoisotopic (exact) mass is 432 g/mol. The lowest BCUT2D eigenvalue weighted by molar-refractivity contribution is 0.102. The van der Waals surface area contributed by atoms with E-state index in [-0.39, 0.29) is 11.6 Å². The van der Waals surface area contributed by atoms with Crippen LogP contribution in [0.1, 0.15) is 37.2 Å². The summed E-state index contributed by atoms with van der Waals surface area (Å²) in [6, 6.07) is 10.8. The van der Waals surface area contributed by atoms with Crippen molar-refractivity contribution in [3.63, 3.8) is 0 Å². The van der Waals surface area contributed by atoms with E-state index in [9.17, 15) is 4.79 Å². The summed E-state index contributed by atoms with van der Waals surface area (Å²) in [5.74, 6) is 0.726. The van der Waals surface area contributed by atoms with Crippen LogP contribution in [0.3, 0.4) is 0 Å². The van der Waals surface area contributed by atoms with Gasteiger partial charge in [0.05, 0.1) is 41.3 Å². The van der Waals surface area contributed by atoms with Crippen molar-refractivity contribution in [3.8, 4) is 17.3 Å². The molecule has 3 aromatic rings. The first kappa shape index (κ1) is 21.5. The quantitative estimate of drug-likeness (QED) is 0.606. The molecule has 8 nitrogen and oxygen atoms in total. The molecule has 1 saturated heterocycles. The number of rotatable bonds is 6. The fourth-order valence-corrected chi connectivity index (χ4v) is 3.93. The number of anilines is 3. The molecule has 0 unspecified atom stereocenters. The van der Waals surface area contributed by atoms with E-state index in [1.54, 1.807) is 30.6 Å². The van der Waals surface area contributed by atoms with Crippen molar-refractivity contribution >= 4 is 23.0 Å². The van der Waals surface area contributed by atoms with Gasteiger partial charge in [0.1, 0.15) is 0 Å². The molecule has 1 aliphatic heterocycles. The molecular formula is C24H28N6O2. The first-order valence-electron chi connectivity index (χ1n) is 10.9. The average Bonchev–Trinajstić information content (AvgIpc) is 2.80. The SMILES string of the molecule is CCOc1cccc(-c2ccc(N)c(C(=O)Nc3cnccc3N3CCC[C@H](C)C3)n2)n1. The van der Waals surface area contributed by atoms with Crippen LogP contribution < -0.4 is 20.7 Å². The second-order valence-electron chi connectivity index (χ2n) is 7.97. The number of nitrogens with zero attached hydrogens (tertiary/aromatic N) is 4. The Labute approximate surface area is 187 Å². The maximum atomic E-state index is 13.1. The summed E-state index contributed by atoms with van der Waals surface area (Å²) in [4.78, 5) is 28.6. The molecule has 166 valence electrons. The summed E-state index contributed by atoms with van der Waals surface area (Å²) in [5, 5.41) is 2.96. The summed E-state index contributed by atoms with van der Waals surface area (Å²) in [6.45, 7) is 6.56. The van der Waals surface area contributed by atoms with Crippen LogP contribution in [0.15, 0.2) is 48.8 Å². The normalized spacial score (nSPS) is 15.9. The summed E-state index contributed by atoms with van der Waals surface area (Å²) in [5.41, 5.74) is 9.30. The van der Waals surface area contributed by atoms with Crippen molar-refractivity contribution in [1.82, 2.24) is 15.0 Å². The number of ether oxygens (including phenoxy) is 1. The number of aromatic nitrogens is 3. The van der Waals surface area contributed by atoms with Crippen LogP contribution in [-0.2, 0) is 0 Å². The number of carbonyl (C=O) groups excluding carboxylic acids is 1. The van der Waals surface area contributed by atoms with Crippen LogP contribution in [0.25, 0.3) is 11.4 Å². The van der Waals surface area contributed by atoms with Crippen LogP contribution in [0.5, 0.6) is 5.88 Å². The number of nitrogens with two attached hydrogens (primary N) is 1. The van der Waals surface area contributed by atoms with Crippen LogP contribution in [0.2, 0.25) is 0 Å². The zero-order valence-electron chi connectivity index (χ0n) is 18.4. The molecule has 3 aromatic heterocycles. The number of amides is 1. The van der Waals surface area contributed by atoms with Gasteiger partial charge in [0.15, 0.2) is 5.69 Å². The molecule has 4 rings (SSSR count). The van der Waals surface area contributed by atoms with Gasteiger partial charge in [-0.1, -0.05) is 13.0 Å². The molecule has 1 fully saturated rings. The molecule has 0 bridgehead atoms. The summed E-state index contributed by atoms with van der Waals surface area (Å²) in [7, 11) is 0. The van der Waals surface area contributed by atoms with Gasteiger partial charge in [-0.2, -0.15) is 0 Å². The molecule has 8 heteroatoms. The number of nitrogens with one attached hydrogen (secondary N) is 1. The summed E-state index contributed by atoms with van der Waals surface area (Å²) < 4.78 is 5.47. The third-order valence-corrected chi connectivity index (χ3v) is 5.46. The third-order valence-electron chi connectivity index (χ3n) is 5.46. The minimum atomic E-state index is -0.385. The molecule has 0 radical (unpaired) electrons. The Balaban J connectivity index is 1.60. The summed E-state index contributed by atoms with van der Waals surface area (Å²) in [6.07, 6.45) is 5.75. The predicted molar refractivity (Wildman–Crippen MR) is 126 cm³/mol. The number of hydrogen-bond donors (Lipinski definition) is 2. The van der Waals surface area contributed by atoms with Gasteiger partial charge in [-0.3, -0.25) is 9.78 Å². The molecule has 1 aliphatic rings. The van der Waals surface area contributed by atoms with Gasteiger partial charge < -0.3 is 20.7 Å². The second-order valence-corrected chi connectivity index (χ2v) is 7.97. The highest BCUT2D eigenvalue weighted by molar-refractivity contribution is 6.07. The van der Waals surface area contributed by atoms with Gasteiger partial charge in [-0.15, -0.1) is 0 Å². The van der Waals surface area contributed by atoms with Crippen LogP contribution in [0.4, 0.5) is 17.1 Å². The Hall–Kier alpha value is -3.68. The Morgan fingerprint density at radius 2 is 2.06 bits per heavy atom.